The van der Waals surface area contributed by atoms with E-state index in [1.165, 1.54) is 18.0 Å². The Hall–Kier alpha value is -1.30. The van der Waals surface area contributed by atoms with Crippen LogP contribution >= 0.6 is 11.8 Å². The second kappa shape index (κ2) is 7.20. The van der Waals surface area contributed by atoms with E-state index in [4.69, 9.17) is 5.73 Å². The normalized spacial score (nSPS) is 12.4. The predicted molar refractivity (Wildman–Crippen MR) is 74.2 cm³/mol. The standard InChI is InChI=1S/C12H20N4OS/c1-8(2)4-5-15-11(17)9(3)18-12-10(13)14-6-7-16-12/h6-9H,4-5H2,1-3H3,(H2,13,14)(H,15,17). The number of nitrogens with two attached hydrogens (primary N) is 1. The molecular formula is C12H20N4OS. The van der Waals surface area contributed by atoms with Crippen molar-refractivity contribution in [3.63, 3.8) is 0 Å². The summed E-state index contributed by atoms with van der Waals surface area (Å²) in [5.41, 5.74) is 5.68. The number of carbonyl (C=O) groups is 1. The molecule has 3 N–H and O–H groups in total. The molecule has 1 aromatic rings. The molecule has 0 fully saturated rings. The van der Waals surface area contributed by atoms with E-state index in [1.807, 2.05) is 6.92 Å². The molecule has 0 saturated heterocycles. The van der Waals surface area contributed by atoms with Gasteiger partial charge in [-0.25, -0.2) is 9.97 Å². The van der Waals surface area contributed by atoms with E-state index in [2.05, 4.69) is 29.1 Å². The van der Waals surface area contributed by atoms with Crippen molar-refractivity contribution in [3.8, 4) is 0 Å². The largest absolute Gasteiger partial charge is 0.381 e. The van der Waals surface area contributed by atoms with Crippen molar-refractivity contribution in [1.82, 2.24) is 15.3 Å². The van der Waals surface area contributed by atoms with Crippen molar-refractivity contribution in [2.75, 3.05) is 12.3 Å². The third-order valence-corrected chi connectivity index (χ3v) is 3.48. The van der Waals surface area contributed by atoms with Crippen LogP contribution in [0.15, 0.2) is 17.4 Å². The Morgan fingerprint density at radius 2 is 2.06 bits per heavy atom. The molecule has 18 heavy (non-hydrogen) atoms. The van der Waals surface area contributed by atoms with Crippen LogP contribution in [0, 0.1) is 5.92 Å². The average molecular weight is 268 g/mol. The maximum atomic E-state index is 11.8. The van der Waals surface area contributed by atoms with E-state index in [0.717, 1.165) is 6.42 Å². The summed E-state index contributed by atoms with van der Waals surface area (Å²) in [6.45, 7) is 6.80. The Morgan fingerprint density at radius 3 is 2.67 bits per heavy atom. The highest BCUT2D eigenvalue weighted by Crippen LogP contribution is 2.24. The van der Waals surface area contributed by atoms with E-state index >= 15 is 0 Å². The number of amides is 1. The smallest absolute Gasteiger partial charge is 0.233 e. The van der Waals surface area contributed by atoms with Gasteiger partial charge >= 0.3 is 0 Å². The summed E-state index contributed by atoms with van der Waals surface area (Å²) in [4.78, 5) is 19.9. The van der Waals surface area contributed by atoms with Crippen LogP contribution in [0.25, 0.3) is 0 Å². The molecule has 6 heteroatoms. The monoisotopic (exact) mass is 268 g/mol. The topological polar surface area (TPSA) is 80.9 Å². The van der Waals surface area contributed by atoms with Gasteiger partial charge in [0.15, 0.2) is 5.82 Å². The zero-order valence-corrected chi connectivity index (χ0v) is 11.8. The van der Waals surface area contributed by atoms with Crippen molar-refractivity contribution >= 4 is 23.5 Å². The number of carbonyl (C=O) groups excluding carboxylic acids is 1. The van der Waals surface area contributed by atoms with Crippen molar-refractivity contribution in [2.45, 2.75) is 37.5 Å². The van der Waals surface area contributed by atoms with Gasteiger partial charge in [-0.05, 0) is 19.3 Å². The van der Waals surface area contributed by atoms with Crippen LogP contribution in [0.1, 0.15) is 27.2 Å². The zero-order valence-electron chi connectivity index (χ0n) is 11.0. The summed E-state index contributed by atoms with van der Waals surface area (Å²) in [6, 6.07) is 0. The van der Waals surface area contributed by atoms with Gasteiger partial charge in [-0.1, -0.05) is 25.6 Å². The summed E-state index contributed by atoms with van der Waals surface area (Å²) in [5, 5.41) is 3.28. The Balaban J connectivity index is 2.43. The van der Waals surface area contributed by atoms with Gasteiger partial charge < -0.3 is 11.1 Å². The number of nitrogens with one attached hydrogen (secondary N) is 1. The number of nitrogens with zero attached hydrogens (tertiary/aromatic N) is 2. The van der Waals surface area contributed by atoms with E-state index in [9.17, 15) is 4.79 Å². The van der Waals surface area contributed by atoms with Gasteiger partial charge in [0, 0.05) is 18.9 Å². The average Bonchev–Trinajstić information content (AvgIpc) is 2.31. The van der Waals surface area contributed by atoms with E-state index in [1.54, 1.807) is 6.20 Å². The molecule has 100 valence electrons. The second-order valence-electron chi connectivity index (χ2n) is 4.48. The van der Waals surface area contributed by atoms with Crippen LogP contribution in [0.5, 0.6) is 0 Å². The lowest BCUT2D eigenvalue weighted by Gasteiger charge is -2.12. The van der Waals surface area contributed by atoms with Crippen LogP contribution in [-0.4, -0.2) is 27.7 Å². The molecule has 1 amide bonds. The first-order valence-corrected chi connectivity index (χ1v) is 6.89. The summed E-state index contributed by atoms with van der Waals surface area (Å²) in [6.07, 6.45) is 4.09. The Morgan fingerprint density at radius 1 is 1.39 bits per heavy atom. The molecule has 0 aliphatic carbocycles. The molecule has 0 spiro atoms. The maximum Gasteiger partial charge on any atom is 0.233 e. The van der Waals surface area contributed by atoms with Gasteiger partial charge in [-0.3, -0.25) is 4.79 Å². The van der Waals surface area contributed by atoms with Gasteiger partial charge in [0.25, 0.3) is 0 Å². The molecule has 0 aliphatic heterocycles. The van der Waals surface area contributed by atoms with Crippen LogP contribution in [-0.2, 0) is 4.79 Å². The first kappa shape index (κ1) is 14.8. The van der Waals surface area contributed by atoms with Gasteiger partial charge in [-0.2, -0.15) is 0 Å². The number of rotatable bonds is 6. The van der Waals surface area contributed by atoms with Gasteiger partial charge in [0.2, 0.25) is 5.91 Å². The Labute approximate surface area is 112 Å². The SMILES string of the molecule is CC(C)CCNC(=O)C(C)Sc1nccnc1N. The fourth-order valence-electron chi connectivity index (χ4n) is 1.28. The van der Waals surface area contributed by atoms with E-state index in [0.29, 0.717) is 23.3 Å². The van der Waals surface area contributed by atoms with Crippen LogP contribution in [0.3, 0.4) is 0 Å². The third kappa shape index (κ3) is 4.91. The van der Waals surface area contributed by atoms with Gasteiger partial charge in [0.05, 0.1) is 5.25 Å². The summed E-state index contributed by atoms with van der Waals surface area (Å²) in [5.74, 6) is 0.957. The molecule has 1 aromatic heterocycles. The number of hydrogen-bond donors (Lipinski definition) is 2. The van der Waals surface area contributed by atoms with Crippen LogP contribution in [0.4, 0.5) is 5.82 Å². The number of thioether (sulfide) groups is 1. The fourth-order valence-corrected chi connectivity index (χ4v) is 2.10. The Bertz CT molecular complexity index is 397. The number of anilines is 1. The van der Waals surface area contributed by atoms with Crippen molar-refractivity contribution in [1.29, 1.82) is 0 Å². The van der Waals surface area contributed by atoms with E-state index < -0.39 is 0 Å². The van der Waals surface area contributed by atoms with Crippen molar-refractivity contribution in [3.05, 3.63) is 12.4 Å². The molecule has 1 rings (SSSR count). The van der Waals surface area contributed by atoms with Gasteiger partial charge in [-0.15, -0.1) is 0 Å². The van der Waals surface area contributed by atoms with Gasteiger partial charge in [0.1, 0.15) is 5.03 Å². The highest BCUT2D eigenvalue weighted by molar-refractivity contribution is 8.00. The molecule has 1 unspecified atom stereocenters. The van der Waals surface area contributed by atoms with Crippen LogP contribution in [0.2, 0.25) is 0 Å². The minimum atomic E-state index is -0.226. The fraction of sp³-hybridized carbons (Fsp3) is 0.583. The quantitative estimate of drug-likeness (QED) is 0.768. The van der Waals surface area contributed by atoms with Crippen LogP contribution < -0.4 is 11.1 Å². The highest BCUT2D eigenvalue weighted by atomic mass is 32.2. The lowest BCUT2D eigenvalue weighted by atomic mass is 10.1. The summed E-state index contributed by atoms with van der Waals surface area (Å²) in [7, 11) is 0. The van der Waals surface area contributed by atoms with Crippen molar-refractivity contribution in [2.24, 2.45) is 5.92 Å². The highest BCUT2D eigenvalue weighted by Gasteiger charge is 2.16. The maximum absolute atomic E-state index is 11.8. The lowest BCUT2D eigenvalue weighted by Crippen LogP contribution is -2.32. The molecule has 0 aliphatic rings. The molecule has 0 radical (unpaired) electrons. The first-order valence-electron chi connectivity index (χ1n) is 6.01. The molecule has 1 heterocycles. The predicted octanol–water partition coefficient (Wildman–Crippen LogP) is 1.70. The molecule has 0 saturated carbocycles. The zero-order chi connectivity index (χ0) is 13.5. The molecule has 0 bridgehead atoms. The number of aromatic nitrogens is 2. The van der Waals surface area contributed by atoms with Crippen molar-refractivity contribution < 1.29 is 4.79 Å². The molecule has 1 atom stereocenters. The number of hydrogen-bond acceptors (Lipinski definition) is 5. The molecule has 0 aromatic carbocycles. The molecule has 5 nitrogen and oxygen atoms in total. The summed E-state index contributed by atoms with van der Waals surface area (Å²) >= 11 is 1.33. The minimum Gasteiger partial charge on any atom is -0.381 e. The third-order valence-electron chi connectivity index (χ3n) is 2.37. The summed E-state index contributed by atoms with van der Waals surface area (Å²) < 4.78 is 0. The first-order chi connectivity index (χ1) is 8.50. The molecular weight excluding hydrogens is 248 g/mol. The lowest BCUT2D eigenvalue weighted by molar-refractivity contribution is -0.120. The Kier molecular flexibility index (Phi) is 5.91. The van der Waals surface area contributed by atoms with E-state index in [-0.39, 0.29) is 11.2 Å². The second-order valence-corrected chi connectivity index (χ2v) is 5.81. The number of nitrogen functional groups attached to an aromatic ring is 1. The minimum absolute atomic E-state index is 0.00528.